The molecule has 4 N–H and O–H groups in total. The Hall–Kier alpha value is -0.650. The second-order valence-electron chi connectivity index (χ2n) is 6.94. The second-order valence-corrected chi connectivity index (χ2v) is 6.94. The van der Waals surface area contributed by atoms with Crippen LogP contribution in [0.2, 0.25) is 0 Å². The van der Waals surface area contributed by atoms with Gasteiger partial charge >= 0.3 is 5.97 Å². The van der Waals surface area contributed by atoms with E-state index in [4.69, 9.17) is 10.2 Å². The summed E-state index contributed by atoms with van der Waals surface area (Å²) in [4.78, 5) is 10.7. The van der Waals surface area contributed by atoms with Gasteiger partial charge in [-0.3, -0.25) is 0 Å². The molecule has 5 heteroatoms. The van der Waals surface area contributed by atoms with Crippen LogP contribution < -0.4 is 0 Å². The summed E-state index contributed by atoms with van der Waals surface area (Å²) in [5.41, 5.74) is 0. The third kappa shape index (κ3) is 11.0. The fourth-order valence-electron chi connectivity index (χ4n) is 3.00. The van der Waals surface area contributed by atoms with Gasteiger partial charge in [0.05, 0.1) is 6.61 Å². The Labute approximate surface area is 147 Å². The molecule has 0 saturated carbocycles. The second kappa shape index (κ2) is 14.7. The predicted octanol–water partition coefficient (Wildman–Crippen LogP) is 3.84. The molecule has 0 aliphatic heterocycles. The molecule has 0 aliphatic rings. The third-order valence-electron chi connectivity index (χ3n) is 4.76. The lowest BCUT2D eigenvalue weighted by Crippen LogP contribution is -2.47. The maximum Gasteiger partial charge on any atom is 0.364 e. The van der Waals surface area contributed by atoms with Crippen molar-refractivity contribution in [2.24, 2.45) is 5.92 Å². The largest absolute Gasteiger partial charge is 0.477 e. The minimum absolute atomic E-state index is 0.313. The van der Waals surface area contributed by atoms with Gasteiger partial charge in [-0.05, 0) is 6.42 Å². The van der Waals surface area contributed by atoms with E-state index >= 15 is 0 Å². The lowest BCUT2D eigenvalue weighted by molar-refractivity contribution is -0.227. The van der Waals surface area contributed by atoms with Crippen molar-refractivity contribution in [2.75, 3.05) is 6.61 Å². The van der Waals surface area contributed by atoms with E-state index in [1.54, 1.807) is 0 Å². The summed E-state index contributed by atoms with van der Waals surface area (Å²) in [7, 11) is 0. The first-order chi connectivity index (χ1) is 11.5. The highest BCUT2D eigenvalue weighted by atomic mass is 16.5. The van der Waals surface area contributed by atoms with Crippen molar-refractivity contribution in [1.82, 2.24) is 0 Å². The molecule has 0 radical (unpaired) electrons. The van der Waals surface area contributed by atoms with Crippen LogP contribution in [0.15, 0.2) is 0 Å². The van der Waals surface area contributed by atoms with Gasteiger partial charge in [-0.2, -0.15) is 0 Å². The first-order valence-corrected chi connectivity index (χ1v) is 9.75. The summed E-state index contributed by atoms with van der Waals surface area (Å²) in [6.07, 6.45) is 16.1. The van der Waals surface area contributed by atoms with Crippen molar-refractivity contribution in [2.45, 2.75) is 103 Å². The van der Waals surface area contributed by atoms with E-state index < -0.39 is 24.3 Å². The topological polar surface area (TPSA) is 98.0 Å². The van der Waals surface area contributed by atoms with Gasteiger partial charge in [0.1, 0.15) is 0 Å². The highest BCUT2D eigenvalue weighted by Gasteiger charge is 2.41. The molecular weight excluding hydrogens is 308 g/mol. The first kappa shape index (κ1) is 23.4. The summed E-state index contributed by atoms with van der Waals surface area (Å²) in [6, 6.07) is 0. The lowest BCUT2D eigenvalue weighted by atomic mass is 9.92. The Bertz CT molecular complexity index is 304. The number of rotatable bonds is 17. The van der Waals surface area contributed by atoms with Crippen LogP contribution in [0, 0.1) is 5.92 Å². The molecule has 0 aromatic heterocycles. The Kier molecular flexibility index (Phi) is 14.3. The van der Waals surface area contributed by atoms with Gasteiger partial charge in [-0.1, -0.05) is 90.4 Å². The monoisotopic (exact) mass is 346 g/mol. The third-order valence-corrected chi connectivity index (χ3v) is 4.76. The molecule has 0 spiro atoms. The molecular formula is C19H38O5. The van der Waals surface area contributed by atoms with Gasteiger partial charge < -0.3 is 20.4 Å². The predicted molar refractivity (Wildman–Crippen MR) is 95.7 cm³/mol. The number of aliphatic hydroxyl groups is 3. The minimum atomic E-state index is -2.83. The Morgan fingerprint density at radius 1 is 0.792 bits per heavy atom. The minimum Gasteiger partial charge on any atom is -0.477 e. The van der Waals surface area contributed by atoms with E-state index in [2.05, 4.69) is 6.92 Å². The van der Waals surface area contributed by atoms with Crippen LogP contribution >= 0.6 is 0 Å². The van der Waals surface area contributed by atoms with Crippen molar-refractivity contribution < 1.29 is 25.2 Å². The number of carboxylic acid groups (broad SMARTS) is 1. The zero-order chi connectivity index (χ0) is 18.3. The van der Waals surface area contributed by atoms with Crippen molar-refractivity contribution in [1.29, 1.82) is 0 Å². The van der Waals surface area contributed by atoms with Gasteiger partial charge in [0.25, 0.3) is 5.79 Å². The molecule has 0 fully saturated rings. The normalized spacial score (nSPS) is 13.2. The fourth-order valence-corrected chi connectivity index (χ4v) is 3.00. The Morgan fingerprint density at radius 2 is 1.17 bits per heavy atom. The summed E-state index contributed by atoms with van der Waals surface area (Å²) >= 11 is 0. The van der Waals surface area contributed by atoms with Gasteiger partial charge in [0.2, 0.25) is 0 Å². The molecule has 0 saturated heterocycles. The maximum atomic E-state index is 10.7. The number of carboxylic acids is 1. The number of aliphatic carboxylic acids is 1. The van der Waals surface area contributed by atoms with E-state index in [0.29, 0.717) is 12.8 Å². The van der Waals surface area contributed by atoms with Gasteiger partial charge in [0.15, 0.2) is 0 Å². The van der Waals surface area contributed by atoms with Gasteiger partial charge in [0, 0.05) is 5.92 Å². The van der Waals surface area contributed by atoms with Crippen LogP contribution in [0.1, 0.15) is 96.8 Å². The number of aliphatic hydroxyl groups excluding tert-OH is 1. The van der Waals surface area contributed by atoms with E-state index in [0.717, 1.165) is 12.8 Å². The standard InChI is InChI=1S/C19H38O5/c1-2-3-4-5-6-7-8-9-10-11-12-13-14-15-17(16-20)19(23,24)18(21)22/h17,20,23-24H,2-16H2,1H3,(H,21,22). The van der Waals surface area contributed by atoms with Crippen molar-refractivity contribution >= 4 is 5.97 Å². The number of carbonyl (C=O) groups is 1. The number of hydrogen-bond donors (Lipinski definition) is 4. The summed E-state index contributed by atoms with van der Waals surface area (Å²) in [5.74, 6) is -5.55. The maximum absolute atomic E-state index is 10.7. The van der Waals surface area contributed by atoms with E-state index in [9.17, 15) is 15.0 Å². The van der Waals surface area contributed by atoms with E-state index in [1.807, 2.05) is 0 Å². The fraction of sp³-hybridized carbons (Fsp3) is 0.947. The molecule has 0 rings (SSSR count). The van der Waals surface area contributed by atoms with Gasteiger partial charge in [-0.15, -0.1) is 0 Å². The molecule has 1 unspecified atom stereocenters. The van der Waals surface area contributed by atoms with E-state index in [-0.39, 0.29) is 0 Å². The Morgan fingerprint density at radius 3 is 1.50 bits per heavy atom. The van der Waals surface area contributed by atoms with Crippen molar-refractivity contribution in [3.63, 3.8) is 0 Å². The molecule has 0 heterocycles. The van der Waals surface area contributed by atoms with Crippen LogP contribution in [0.5, 0.6) is 0 Å². The smallest absolute Gasteiger partial charge is 0.364 e. The lowest BCUT2D eigenvalue weighted by Gasteiger charge is -2.25. The summed E-state index contributed by atoms with van der Waals surface area (Å²) in [6.45, 7) is 1.71. The highest BCUT2D eigenvalue weighted by Crippen LogP contribution is 2.22. The quantitative estimate of drug-likeness (QED) is 0.237. The van der Waals surface area contributed by atoms with Gasteiger partial charge in [-0.25, -0.2) is 4.79 Å². The summed E-state index contributed by atoms with van der Waals surface area (Å²) in [5, 5.41) is 36.7. The molecule has 5 nitrogen and oxygen atoms in total. The van der Waals surface area contributed by atoms with Crippen molar-refractivity contribution in [3.8, 4) is 0 Å². The molecule has 0 aromatic rings. The SMILES string of the molecule is CCCCCCCCCCCCCCCC(CO)C(O)(O)C(=O)O. The van der Waals surface area contributed by atoms with Crippen LogP contribution in [0.3, 0.4) is 0 Å². The number of unbranched alkanes of at least 4 members (excludes halogenated alkanes) is 12. The average Bonchev–Trinajstić information content (AvgIpc) is 2.55. The highest BCUT2D eigenvalue weighted by molar-refractivity contribution is 5.75. The summed E-state index contributed by atoms with van der Waals surface area (Å²) < 4.78 is 0. The van der Waals surface area contributed by atoms with Crippen LogP contribution in [-0.2, 0) is 4.79 Å². The molecule has 1 atom stereocenters. The molecule has 0 aliphatic carbocycles. The first-order valence-electron chi connectivity index (χ1n) is 9.75. The number of hydrogen-bond acceptors (Lipinski definition) is 4. The Balaban J connectivity index is 3.46. The van der Waals surface area contributed by atoms with E-state index in [1.165, 1.54) is 64.2 Å². The molecule has 0 amide bonds. The van der Waals surface area contributed by atoms with Crippen LogP contribution in [0.4, 0.5) is 0 Å². The molecule has 24 heavy (non-hydrogen) atoms. The molecule has 0 aromatic carbocycles. The van der Waals surface area contributed by atoms with Crippen molar-refractivity contribution in [3.05, 3.63) is 0 Å². The average molecular weight is 347 g/mol. The van der Waals surface area contributed by atoms with Crippen LogP contribution in [-0.4, -0.2) is 38.8 Å². The van der Waals surface area contributed by atoms with Crippen LogP contribution in [0.25, 0.3) is 0 Å². The molecule has 144 valence electrons. The molecule has 0 bridgehead atoms. The zero-order valence-electron chi connectivity index (χ0n) is 15.4. The zero-order valence-corrected chi connectivity index (χ0v) is 15.4.